The smallest absolute Gasteiger partial charge is 0.227 e. The van der Waals surface area contributed by atoms with Crippen LogP contribution in [0.5, 0.6) is 0 Å². The van der Waals surface area contributed by atoms with Crippen LogP contribution in [0, 0.1) is 0 Å². The molecule has 0 unspecified atom stereocenters. The summed E-state index contributed by atoms with van der Waals surface area (Å²) in [6, 6.07) is 10.1. The summed E-state index contributed by atoms with van der Waals surface area (Å²) in [5.41, 5.74) is 4.32. The number of anilines is 2. The van der Waals surface area contributed by atoms with E-state index in [0.29, 0.717) is 11.0 Å². The highest BCUT2D eigenvalue weighted by atomic mass is 35.5. The lowest BCUT2D eigenvalue weighted by atomic mass is 10.0. The van der Waals surface area contributed by atoms with Crippen LogP contribution < -0.4 is 10.6 Å². The van der Waals surface area contributed by atoms with E-state index in [1.165, 1.54) is 5.56 Å². The maximum atomic E-state index is 6.21. The molecule has 2 heterocycles. The normalized spacial score (nSPS) is 11.3. The number of hydrogen-bond donors (Lipinski definition) is 3. The van der Waals surface area contributed by atoms with Gasteiger partial charge in [0.2, 0.25) is 5.95 Å². The van der Waals surface area contributed by atoms with Gasteiger partial charge in [-0.15, -0.1) is 0 Å². The van der Waals surface area contributed by atoms with Gasteiger partial charge in [0.25, 0.3) is 0 Å². The number of hydrogen-bond acceptors (Lipinski definition) is 4. The Balaban J connectivity index is 1.85. The molecule has 5 nitrogen and oxygen atoms in total. The van der Waals surface area contributed by atoms with Gasteiger partial charge in [0.15, 0.2) is 0 Å². The highest BCUT2D eigenvalue weighted by Crippen LogP contribution is 2.33. The predicted octanol–water partition coefficient (Wildman–Crippen LogP) is 4.92. The SMILES string of the molecule is CNCCc1cc(Nc2ncc(Cl)cn2)cc2c1[nH]c1ccc(Cl)cc12. The van der Waals surface area contributed by atoms with Crippen molar-refractivity contribution in [2.75, 3.05) is 18.9 Å². The molecule has 26 heavy (non-hydrogen) atoms. The third kappa shape index (κ3) is 3.33. The average Bonchev–Trinajstić information content (AvgIpc) is 3.00. The van der Waals surface area contributed by atoms with E-state index in [4.69, 9.17) is 23.2 Å². The number of nitrogens with one attached hydrogen (secondary N) is 3. The molecule has 0 amide bonds. The Morgan fingerprint density at radius 3 is 2.58 bits per heavy atom. The molecule has 0 aliphatic heterocycles. The number of nitrogens with zero attached hydrogens (tertiary/aromatic N) is 2. The summed E-state index contributed by atoms with van der Waals surface area (Å²) in [6.45, 7) is 0.881. The lowest BCUT2D eigenvalue weighted by Crippen LogP contribution is -2.10. The van der Waals surface area contributed by atoms with Crippen molar-refractivity contribution in [1.82, 2.24) is 20.3 Å². The van der Waals surface area contributed by atoms with Crippen molar-refractivity contribution in [2.24, 2.45) is 0 Å². The molecule has 0 aliphatic carbocycles. The van der Waals surface area contributed by atoms with Gasteiger partial charge >= 0.3 is 0 Å². The molecule has 0 atom stereocenters. The zero-order valence-corrected chi connectivity index (χ0v) is 15.6. The molecule has 2 aromatic heterocycles. The number of aromatic nitrogens is 3. The van der Waals surface area contributed by atoms with Crippen LogP contribution in [-0.2, 0) is 6.42 Å². The number of H-pyrrole nitrogens is 1. The van der Waals surface area contributed by atoms with Gasteiger partial charge in [-0.3, -0.25) is 0 Å². The van der Waals surface area contributed by atoms with Crippen molar-refractivity contribution < 1.29 is 0 Å². The van der Waals surface area contributed by atoms with Gasteiger partial charge in [0.1, 0.15) is 0 Å². The van der Waals surface area contributed by atoms with E-state index < -0.39 is 0 Å². The second-order valence-corrected chi connectivity index (χ2v) is 6.95. The Bertz CT molecular complexity index is 1070. The summed E-state index contributed by atoms with van der Waals surface area (Å²) < 4.78 is 0. The number of likely N-dealkylation sites (N-methyl/N-ethyl adjacent to an activating group) is 1. The monoisotopic (exact) mass is 385 g/mol. The van der Waals surface area contributed by atoms with Crippen molar-refractivity contribution in [3.8, 4) is 0 Å². The molecule has 2 aromatic carbocycles. The lowest BCUT2D eigenvalue weighted by molar-refractivity contribution is 0.794. The van der Waals surface area contributed by atoms with Gasteiger partial charge in [0, 0.05) is 32.5 Å². The van der Waals surface area contributed by atoms with Crippen LogP contribution in [0.2, 0.25) is 10.0 Å². The number of benzene rings is 2. The summed E-state index contributed by atoms with van der Waals surface area (Å²) in [7, 11) is 1.95. The molecule has 0 fully saturated rings. The highest BCUT2D eigenvalue weighted by Gasteiger charge is 2.11. The van der Waals surface area contributed by atoms with Crippen LogP contribution in [-0.4, -0.2) is 28.5 Å². The Hall–Kier alpha value is -2.34. The summed E-state index contributed by atoms with van der Waals surface area (Å²) in [5.74, 6) is 0.506. The highest BCUT2D eigenvalue weighted by molar-refractivity contribution is 6.32. The van der Waals surface area contributed by atoms with Crippen LogP contribution in [0.1, 0.15) is 5.56 Å². The first-order valence-electron chi connectivity index (χ1n) is 8.27. The maximum Gasteiger partial charge on any atom is 0.227 e. The molecule has 0 spiro atoms. The molecule has 0 saturated carbocycles. The first-order chi connectivity index (χ1) is 12.6. The van der Waals surface area contributed by atoms with E-state index in [2.05, 4.69) is 37.7 Å². The van der Waals surface area contributed by atoms with Crippen molar-refractivity contribution >= 4 is 56.6 Å². The van der Waals surface area contributed by atoms with Gasteiger partial charge in [-0.25, -0.2) is 9.97 Å². The Labute approximate surface area is 160 Å². The zero-order valence-electron chi connectivity index (χ0n) is 14.1. The topological polar surface area (TPSA) is 65.6 Å². The third-order valence-corrected chi connectivity index (χ3v) is 4.70. The number of rotatable bonds is 5. The zero-order chi connectivity index (χ0) is 18.1. The van der Waals surface area contributed by atoms with Crippen molar-refractivity contribution in [3.05, 3.63) is 58.3 Å². The van der Waals surface area contributed by atoms with Crippen molar-refractivity contribution in [3.63, 3.8) is 0 Å². The van der Waals surface area contributed by atoms with E-state index in [0.717, 1.165) is 45.5 Å². The first-order valence-corrected chi connectivity index (χ1v) is 9.02. The van der Waals surface area contributed by atoms with E-state index in [1.54, 1.807) is 12.4 Å². The molecule has 7 heteroatoms. The molecule has 4 rings (SSSR count). The lowest BCUT2D eigenvalue weighted by Gasteiger charge is -2.09. The summed E-state index contributed by atoms with van der Waals surface area (Å²) >= 11 is 12.1. The fourth-order valence-electron chi connectivity index (χ4n) is 3.08. The molecule has 132 valence electrons. The molecule has 0 radical (unpaired) electrons. The maximum absolute atomic E-state index is 6.21. The summed E-state index contributed by atoms with van der Waals surface area (Å²) in [6.07, 6.45) is 4.04. The molecule has 0 bridgehead atoms. The second kappa shape index (κ2) is 7.11. The molecule has 3 N–H and O–H groups in total. The average molecular weight is 386 g/mol. The number of aromatic amines is 1. The minimum absolute atomic E-state index is 0.506. The van der Waals surface area contributed by atoms with E-state index in [9.17, 15) is 0 Å². The first kappa shape index (κ1) is 17.1. The summed E-state index contributed by atoms with van der Waals surface area (Å²) in [5, 5.41) is 9.90. The van der Waals surface area contributed by atoms with Gasteiger partial charge in [-0.1, -0.05) is 23.2 Å². The molecule has 0 saturated heterocycles. The van der Waals surface area contributed by atoms with Crippen LogP contribution in [0.3, 0.4) is 0 Å². The van der Waals surface area contributed by atoms with E-state index >= 15 is 0 Å². The standard InChI is InChI=1S/C19H17Cl2N5/c1-22-5-4-11-6-14(25-19-23-9-13(21)10-24-19)8-16-15-7-12(20)2-3-17(15)26-18(11)16/h2-3,6-10,22,26H,4-5H2,1H3,(H,23,24,25). The molecule has 0 aliphatic rings. The number of halogens is 2. The fraction of sp³-hybridized carbons (Fsp3) is 0.158. The van der Waals surface area contributed by atoms with Crippen LogP contribution in [0.15, 0.2) is 42.7 Å². The van der Waals surface area contributed by atoms with E-state index in [1.807, 2.05) is 25.2 Å². The minimum atomic E-state index is 0.506. The Kier molecular flexibility index (Phi) is 4.68. The van der Waals surface area contributed by atoms with Crippen molar-refractivity contribution in [2.45, 2.75) is 6.42 Å². The second-order valence-electron chi connectivity index (χ2n) is 6.08. The molecular weight excluding hydrogens is 369 g/mol. The Morgan fingerprint density at radius 2 is 1.81 bits per heavy atom. The number of fused-ring (bicyclic) bond motifs is 3. The van der Waals surface area contributed by atoms with Gasteiger partial charge in [-0.2, -0.15) is 0 Å². The fourth-order valence-corrected chi connectivity index (χ4v) is 3.35. The minimum Gasteiger partial charge on any atom is -0.354 e. The third-order valence-electron chi connectivity index (χ3n) is 4.27. The van der Waals surface area contributed by atoms with Gasteiger partial charge in [0.05, 0.1) is 17.4 Å². The largest absolute Gasteiger partial charge is 0.354 e. The predicted molar refractivity (Wildman–Crippen MR) is 109 cm³/mol. The quantitative estimate of drug-likeness (QED) is 0.455. The van der Waals surface area contributed by atoms with Gasteiger partial charge in [-0.05, 0) is 55.9 Å². The molecule has 4 aromatic rings. The summed E-state index contributed by atoms with van der Waals surface area (Å²) in [4.78, 5) is 11.9. The van der Waals surface area contributed by atoms with Crippen LogP contribution in [0.4, 0.5) is 11.6 Å². The molecular formula is C19H17Cl2N5. The van der Waals surface area contributed by atoms with Crippen molar-refractivity contribution in [1.29, 1.82) is 0 Å². The van der Waals surface area contributed by atoms with Gasteiger partial charge < -0.3 is 15.6 Å². The van der Waals surface area contributed by atoms with Crippen LogP contribution in [0.25, 0.3) is 21.8 Å². The Morgan fingerprint density at radius 1 is 1.00 bits per heavy atom. The van der Waals surface area contributed by atoms with E-state index in [-0.39, 0.29) is 0 Å². The van der Waals surface area contributed by atoms with Crippen LogP contribution >= 0.6 is 23.2 Å².